The molecule has 4 heteroatoms. The fraction of sp³-hybridized carbons (Fsp3) is 0.438. The Balaban J connectivity index is 2.01. The van der Waals surface area contributed by atoms with Crippen LogP contribution in [0.3, 0.4) is 0 Å². The summed E-state index contributed by atoms with van der Waals surface area (Å²) in [5, 5.41) is 5.37. The molecule has 1 heterocycles. The number of hydrogen-bond acceptors (Lipinski definition) is 2. The quantitative estimate of drug-likeness (QED) is 0.885. The molecule has 0 amide bonds. The van der Waals surface area contributed by atoms with Crippen molar-refractivity contribution in [2.45, 2.75) is 32.7 Å². The van der Waals surface area contributed by atoms with Gasteiger partial charge in [0.25, 0.3) is 0 Å². The number of hydrogen-bond donors (Lipinski definition) is 1. The van der Waals surface area contributed by atoms with E-state index in [1.54, 1.807) is 0 Å². The summed E-state index contributed by atoms with van der Waals surface area (Å²) in [6.45, 7) is 4.91. The van der Waals surface area contributed by atoms with E-state index < -0.39 is 0 Å². The van der Waals surface area contributed by atoms with Crippen molar-refractivity contribution < 1.29 is 0 Å². The highest BCUT2D eigenvalue weighted by molar-refractivity contribution is 6.30. The summed E-state index contributed by atoms with van der Waals surface area (Å²) in [6.07, 6.45) is 3.88. The lowest BCUT2D eigenvalue weighted by molar-refractivity contribution is 0.497. The van der Waals surface area contributed by atoms with Gasteiger partial charge in [-0.2, -0.15) is 5.10 Å². The molecule has 0 fully saturated rings. The lowest BCUT2D eigenvalue weighted by Gasteiger charge is -2.14. The van der Waals surface area contributed by atoms with Crippen LogP contribution in [0, 0.1) is 5.92 Å². The van der Waals surface area contributed by atoms with Crippen LogP contribution in [0.2, 0.25) is 5.02 Å². The Morgan fingerprint density at radius 2 is 2.05 bits per heavy atom. The second kappa shape index (κ2) is 6.91. The molecule has 2 aromatic rings. The molecule has 0 radical (unpaired) electrons. The predicted molar refractivity (Wildman–Crippen MR) is 84.0 cm³/mol. The first-order valence-electron chi connectivity index (χ1n) is 7.07. The van der Waals surface area contributed by atoms with Crippen LogP contribution in [0.15, 0.2) is 36.5 Å². The van der Waals surface area contributed by atoms with Crippen molar-refractivity contribution in [3.05, 3.63) is 52.8 Å². The molecule has 0 aliphatic heterocycles. The molecule has 1 unspecified atom stereocenters. The summed E-state index contributed by atoms with van der Waals surface area (Å²) in [7, 11) is 0. The smallest absolute Gasteiger partial charge is 0.0628 e. The highest BCUT2D eigenvalue weighted by Crippen LogP contribution is 2.17. The van der Waals surface area contributed by atoms with Crippen molar-refractivity contribution >= 4 is 11.6 Å². The van der Waals surface area contributed by atoms with Crippen molar-refractivity contribution in [2.75, 3.05) is 6.54 Å². The lowest BCUT2D eigenvalue weighted by atomic mass is 9.95. The van der Waals surface area contributed by atoms with Gasteiger partial charge < -0.3 is 5.73 Å². The Bertz CT molecular complexity index is 548. The Morgan fingerprint density at radius 3 is 2.65 bits per heavy atom. The third-order valence-corrected chi connectivity index (χ3v) is 3.67. The van der Waals surface area contributed by atoms with Gasteiger partial charge in [-0.3, -0.25) is 4.68 Å². The highest BCUT2D eigenvalue weighted by atomic mass is 35.5. The van der Waals surface area contributed by atoms with Crippen molar-refractivity contribution in [1.82, 2.24) is 9.78 Å². The van der Waals surface area contributed by atoms with Crippen LogP contribution >= 0.6 is 11.6 Å². The third-order valence-electron chi connectivity index (χ3n) is 3.44. The maximum atomic E-state index is 6.02. The summed E-state index contributed by atoms with van der Waals surface area (Å²) in [4.78, 5) is 0. The first kappa shape index (κ1) is 15.1. The summed E-state index contributed by atoms with van der Waals surface area (Å²) in [5.41, 5.74) is 8.25. The SMILES string of the molecule is CC(C)n1ccc(CC(CN)Cc2cccc(Cl)c2)n1. The number of aromatic nitrogens is 2. The second-order valence-corrected chi connectivity index (χ2v) is 5.96. The highest BCUT2D eigenvalue weighted by Gasteiger charge is 2.12. The maximum absolute atomic E-state index is 6.02. The van der Waals surface area contributed by atoms with E-state index in [4.69, 9.17) is 17.3 Å². The first-order chi connectivity index (χ1) is 9.58. The monoisotopic (exact) mass is 291 g/mol. The maximum Gasteiger partial charge on any atom is 0.0628 e. The fourth-order valence-corrected chi connectivity index (χ4v) is 2.52. The minimum atomic E-state index is 0.393. The Labute approximate surface area is 125 Å². The summed E-state index contributed by atoms with van der Waals surface area (Å²) >= 11 is 6.02. The van der Waals surface area contributed by atoms with Crippen LogP contribution in [-0.2, 0) is 12.8 Å². The number of rotatable bonds is 6. The molecule has 0 aliphatic carbocycles. The van der Waals surface area contributed by atoms with Crippen molar-refractivity contribution in [2.24, 2.45) is 11.7 Å². The van der Waals surface area contributed by atoms with Gasteiger partial charge in [-0.1, -0.05) is 23.7 Å². The van der Waals surface area contributed by atoms with E-state index in [2.05, 4.69) is 31.1 Å². The summed E-state index contributed by atoms with van der Waals surface area (Å²) in [6, 6.07) is 10.5. The molecule has 2 rings (SSSR count). The zero-order valence-corrected chi connectivity index (χ0v) is 12.8. The molecule has 108 valence electrons. The Kier molecular flexibility index (Phi) is 5.21. The Hall–Kier alpha value is -1.32. The number of nitrogens with two attached hydrogens (primary N) is 1. The van der Waals surface area contributed by atoms with Gasteiger partial charge in [0.05, 0.1) is 5.69 Å². The van der Waals surface area contributed by atoms with Crippen LogP contribution in [-0.4, -0.2) is 16.3 Å². The minimum Gasteiger partial charge on any atom is -0.330 e. The second-order valence-electron chi connectivity index (χ2n) is 5.52. The standard InChI is InChI=1S/C16H22ClN3/c1-12(2)20-7-6-16(19-20)10-14(11-18)8-13-4-3-5-15(17)9-13/h3-7,9,12,14H,8,10-11,18H2,1-2H3. The van der Waals surface area contributed by atoms with Gasteiger partial charge >= 0.3 is 0 Å². The van der Waals surface area contributed by atoms with Gasteiger partial charge in [-0.05, 0) is 62.9 Å². The van der Waals surface area contributed by atoms with E-state index in [0.717, 1.165) is 23.6 Å². The normalized spacial score (nSPS) is 12.8. The van der Waals surface area contributed by atoms with Crippen molar-refractivity contribution in [3.63, 3.8) is 0 Å². The van der Waals surface area contributed by atoms with Crippen LogP contribution < -0.4 is 5.73 Å². The topological polar surface area (TPSA) is 43.8 Å². The first-order valence-corrected chi connectivity index (χ1v) is 7.45. The molecule has 1 atom stereocenters. The lowest BCUT2D eigenvalue weighted by Crippen LogP contribution is -2.19. The van der Waals surface area contributed by atoms with Gasteiger partial charge in [0.2, 0.25) is 0 Å². The molecule has 0 saturated heterocycles. The predicted octanol–water partition coefficient (Wildman–Crippen LogP) is 3.48. The van der Waals surface area contributed by atoms with E-state index in [-0.39, 0.29) is 0 Å². The number of nitrogens with zero attached hydrogens (tertiary/aromatic N) is 2. The van der Waals surface area contributed by atoms with E-state index in [9.17, 15) is 0 Å². The van der Waals surface area contributed by atoms with Crippen molar-refractivity contribution in [1.29, 1.82) is 0 Å². The molecule has 1 aromatic carbocycles. The van der Waals surface area contributed by atoms with Gasteiger partial charge in [-0.15, -0.1) is 0 Å². The van der Waals surface area contributed by atoms with Gasteiger partial charge in [0.15, 0.2) is 0 Å². The molecular formula is C16H22ClN3. The average molecular weight is 292 g/mol. The van der Waals surface area contributed by atoms with Gasteiger partial charge in [0, 0.05) is 17.3 Å². The van der Waals surface area contributed by atoms with E-state index in [1.807, 2.05) is 29.1 Å². The van der Waals surface area contributed by atoms with Crippen LogP contribution in [0.1, 0.15) is 31.1 Å². The number of benzene rings is 1. The van der Waals surface area contributed by atoms with Crippen LogP contribution in [0.5, 0.6) is 0 Å². The molecule has 3 nitrogen and oxygen atoms in total. The molecule has 0 spiro atoms. The number of halogens is 1. The summed E-state index contributed by atoms with van der Waals surface area (Å²) in [5.74, 6) is 0.393. The minimum absolute atomic E-state index is 0.393. The molecular weight excluding hydrogens is 270 g/mol. The van der Waals surface area contributed by atoms with Gasteiger partial charge in [0.1, 0.15) is 0 Å². The fourth-order valence-electron chi connectivity index (χ4n) is 2.31. The van der Waals surface area contributed by atoms with Crippen LogP contribution in [0.4, 0.5) is 0 Å². The zero-order chi connectivity index (χ0) is 14.5. The van der Waals surface area contributed by atoms with E-state index >= 15 is 0 Å². The van der Waals surface area contributed by atoms with E-state index in [0.29, 0.717) is 18.5 Å². The molecule has 20 heavy (non-hydrogen) atoms. The third kappa shape index (κ3) is 4.09. The zero-order valence-electron chi connectivity index (χ0n) is 12.1. The molecule has 2 N–H and O–H groups in total. The molecule has 1 aromatic heterocycles. The van der Waals surface area contributed by atoms with E-state index in [1.165, 1.54) is 5.56 Å². The Morgan fingerprint density at radius 1 is 1.25 bits per heavy atom. The van der Waals surface area contributed by atoms with Gasteiger partial charge in [-0.25, -0.2) is 0 Å². The van der Waals surface area contributed by atoms with Crippen molar-refractivity contribution in [3.8, 4) is 0 Å². The molecule has 0 saturated carbocycles. The molecule has 0 bridgehead atoms. The average Bonchev–Trinajstić information content (AvgIpc) is 2.87. The largest absolute Gasteiger partial charge is 0.330 e. The van der Waals surface area contributed by atoms with Crippen LogP contribution in [0.25, 0.3) is 0 Å². The molecule has 0 aliphatic rings. The summed E-state index contributed by atoms with van der Waals surface area (Å²) < 4.78 is 1.99.